The summed E-state index contributed by atoms with van der Waals surface area (Å²) in [7, 11) is 0. The number of carbonyl (C=O) groups is 1. The third kappa shape index (κ3) is 2.05. The predicted molar refractivity (Wildman–Crippen MR) is 61.0 cm³/mol. The largest absolute Gasteiger partial charge is 0.383 e. The van der Waals surface area contributed by atoms with Crippen LogP contribution in [0.15, 0.2) is 6.33 Å². The van der Waals surface area contributed by atoms with Gasteiger partial charge in [-0.2, -0.15) is 0 Å². The zero-order valence-corrected chi connectivity index (χ0v) is 9.23. The molecule has 0 radical (unpaired) electrons. The second-order valence-electron chi connectivity index (χ2n) is 3.79. The molecule has 86 valence electrons. The number of amides is 1. The van der Waals surface area contributed by atoms with Crippen molar-refractivity contribution in [3.63, 3.8) is 0 Å². The molecule has 0 aromatic carbocycles. The van der Waals surface area contributed by atoms with Gasteiger partial charge < -0.3 is 16.0 Å². The zero-order valence-electron chi connectivity index (χ0n) is 9.23. The normalized spacial score (nSPS) is 16.8. The zero-order chi connectivity index (χ0) is 11.5. The van der Waals surface area contributed by atoms with Gasteiger partial charge in [-0.05, 0) is 6.92 Å². The number of rotatable bonds is 1. The molecule has 0 saturated carbocycles. The van der Waals surface area contributed by atoms with Crippen molar-refractivity contribution in [2.24, 2.45) is 0 Å². The van der Waals surface area contributed by atoms with Crippen molar-refractivity contribution in [2.45, 2.75) is 13.3 Å². The summed E-state index contributed by atoms with van der Waals surface area (Å²) in [4.78, 5) is 21.4. The van der Waals surface area contributed by atoms with E-state index in [1.165, 1.54) is 6.33 Å². The number of anilines is 2. The van der Waals surface area contributed by atoms with Crippen molar-refractivity contribution in [3.8, 4) is 0 Å². The third-order valence-electron chi connectivity index (χ3n) is 2.71. The van der Waals surface area contributed by atoms with Crippen LogP contribution in [0.2, 0.25) is 0 Å². The van der Waals surface area contributed by atoms with Gasteiger partial charge in [-0.15, -0.1) is 0 Å². The van der Waals surface area contributed by atoms with Crippen molar-refractivity contribution >= 4 is 17.5 Å². The molecule has 1 saturated heterocycles. The fourth-order valence-electron chi connectivity index (χ4n) is 1.75. The summed E-state index contributed by atoms with van der Waals surface area (Å²) >= 11 is 0. The first-order chi connectivity index (χ1) is 7.68. The molecule has 1 aromatic heterocycles. The number of carbonyl (C=O) groups excluding carboxylic acids is 1. The molecule has 1 aliphatic heterocycles. The minimum Gasteiger partial charge on any atom is -0.383 e. The van der Waals surface area contributed by atoms with Gasteiger partial charge in [0.2, 0.25) is 5.91 Å². The number of nitrogens with one attached hydrogen (secondary N) is 1. The molecule has 0 atom stereocenters. The summed E-state index contributed by atoms with van der Waals surface area (Å²) in [5, 5.41) is 2.82. The molecule has 1 amide bonds. The number of hydrogen-bond acceptors (Lipinski definition) is 5. The van der Waals surface area contributed by atoms with Crippen LogP contribution in [0.3, 0.4) is 0 Å². The molecule has 2 heterocycles. The number of nitrogens with two attached hydrogens (primary N) is 1. The van der Waals surface area contributed by atoms with Gasteiger partial charge in [-0.1, -0.05) is 0 Å². The molecule has 6 nitrogen and oxygen atoms in total. The van der Waals surface area contributed by atoms with E-state index in [-0.39, 0.29) is 5.91 Å². The predicted octanol–water partition coefficient (Wildman–Crippen LogP) is -0.306. The first kappa shape index (κ1) is 10.7. The van der Waals surface area contributed by atoms with E-state index in [4.69, 9.17) is 5.73 Å². The van der Waals surface area contributed by atoms with E-state index >= 15 is 0 Å². The Kier molecular flexibility index (Phi) is 2.89. The molecule has 0 unspecified atom stereocenters. The van der Waals surface area contributed by atoms with E-state index in [1.807, 2.05) is 6.92 Å². The first-order valence-electron chi connectivity index (χ1n) is 5.27. The SMILES string of the molecule is Cc1c(N)ncnc1N1CCNC(=O)CC1. The van der Waals surface area contributed by atoms with E-state index in [0.29, 0.717) is 25.3 Å². The van der Waals surface area contributed by atoms with Gasteiger partial charge in [0.05, 0.1) is 0 Å². The van der Waals surface area contributed by atoms with Crippen LogP contribution in [0.1, 0.15) is 12.0 Å². The van der Waals surface area contributed by atoms with E-state index in [9.17, 15) is 4.79 Å². The molecule has 6 heteroatoms. The minimum absolute atomic E-state index is 0.0854. The van der Waals surface area contributed by atoms with E-state index in [1.54, 1.807) is 0 Å². The highest BCUT2D eigenvalue weighted by Crippen LogP contribution is 2.20. The average Bonchev–Trinajstić information content (AvgIpc) is 2.47. The maximum Gasteiger partial charge on any atom is 0.221 e. The van der Waals surface area contributed by atoms with Gasteiger partial charge in [-0.25, -0.2) is 9.97 Å². The molecule has 16 heavy (non-hydrogen) atoms. The van der Waals surface area contributed by atoms with Crippen LogP contribution in [-0.2, 0) is 4.79 Å². The molecule has 2 rings (SSSR count). The van der Waals surface area contributed by atoms with E-state index in [0.717, 1.165) is 17.9 Å². The molecule has 3 N–H and O–H groups in total. The molecular formula is C10H15N5O. The summed E-state index contributed by atoms with van der Waals surface area (Å²) in [6, 6.07) is 0. The maximum absolute atomic E-state index is 11.2. The lowest BCUT2D eigenvalue weighted by atomic mass is 10.2. The Labute approximate surface area is 93.9 Å². The number of aromatic nitrogens is 2. The monoisotopic (exact) mass is 221 g/mol. The van der Waals surface area contributed by atoms with Gasteiger partial charge in [0.1, 0.15) is 18.0 Å². The third-order valence-corrected chi connectivity index (χ3v) is 2.71. The lowest BCUT2D eigenvalue weighted by Crippen LogP contribution is -2.29. The Morgan fingerprint density at radius 3 is 3.06 bits per heavy atom. The van der Waals surface area contributed by atoms with Gasteiger partial charge in [-0.3, -0.25) is 4.79 Å². The molecule has 1 aliphatic rings. The average molecular weight is 221 g/mol. The van der Waals surface area contributed by atoms with Crippen LogP contribution < -0.4 is 16.0 Å². The van der Waals surface area contributed by atoms with E-state index < -0.39 is 0 Å². The van der Waals surface area contributed by atoms with Gasteiger partial charge in [0.15, 0.2) is 0 Å². The Balaban J connectivity index is 2.23. The topological polar surface area (TPSA) is 84.1 Å². The summed E-state index contributed by atoms with van der Waals surface area (Å²) in [6.45, 7) is 3.96. The van der Waals surface area contributed by atoms with Crippen molar-refractivity contribution in [3.05, 3.63) is 11.9 Å². The summed E-state index contributed by atoms with van der Waals surface area (Å²) in [6.07, 6.45) is 1.95. The molecule has 1 aromatic rings. The van der Waals surface area contributed by atoms with Crippen LogP contribution in [0.5, 0.6) is 0 Å². The highest BCUT2D eigenvalue weighted by atomic mass is 16.1. The van der Waals surface area contributed by atoms with Gasteiger partial charge in [0.25, 0.3) is 0 Å². The summed E-state index contributed by atoms with van der Waals surface area (Å²) in [5.41, 5.74) is 6.61. The number of nitrogens with zero attached hydrogens (tertiary/aromatic N) is 3. The molecule has 0 aliphatic carbocycles. The fourth-order valence-corrected chi connectivity index (χ4v) is 1.75. The molecular weight excluding hydrogens is 206 g/mol. The van der Waals surface area contributed by atoms with Crippen LogP contribution >= 0.6 is 0 Å². The lowest BCUT2D eigenvalue weighted by Gasteiger charge is -2.22. The second kappa shape index (κ2) is 4.34. The molecule has 0 spiro atoms. The standard InChI is InChI=1S/C10H15N5O/c1-7-9(11)13-6-14-10(7)15-4-2-8(16)12-3-5-15/h6H,2-5H2,1H3,(H,12,16)(H2,11,13,14). The smallest absolute Gasteiger partial charge is 0.221 e. The molecule has 1 fully saturated rings. The highest BCUT2D eigenvalue weighted by molar-refractivity contribution is 5.77. The van der Waals surface area contributed by atoms with Crippen molar-refractivity contribution in [2.75, 3.05) is 30.3 Å². The first-order valence-corrected chi connectivity index (χ1v) is 5.27. The van der Waals surface area contributed by atoms with Gasteiger partial charge in [0, 0.05) is 31.6 Å². The summed E-state index contributed by atoms with van der Waals surface area (Å²) in [5.74, 6) is 1.40. The van der Waals surface area contributed by atoms with Crippen LogP contribution in [0.4, 0.5) is 11.6 Å². The van der Waals surface area contributed by atoms with Crippen molar-refractivity contribution in [1.82, 2.24) is 15.3 Å². The van der Waals surface area contributed by atoms with Gasteiger partial charge >= 0.3 is 0 Å². The number of hydrogen-bond donors (Lipinski definition) is 2. The Hall–Kier alpha value is -1.85. The number of nitrogen functional groups attached to an aromatic ring is 1. The van der Waals surface area contributed by atoms with Crippen molar-refractivity contribution in [1.29, 1.82) is 0 Å². The Morgan fingerprint density at radius 2 is 2.25 bits per heavy atom. The van der Waals surface area contributed by atoms with E-state index in [2.05, 4.69) is 20.2 Å². The summed E-state index contributed by atoms with van der Waals surface area (Å²) < 4.78 is 0. The lowest BCUT2D eigenvalue weighted by molar-refractivity contribution is -0.120. The Bertz CT molecular complexity index is 406. The quantitative estimate of drug-likeness (QED) is 0.679. The maximum atomic E-state index is 11.2. The fraction of sp³-hybridized carbons (Fsp3) is 0.500. The van der Waals surface area contributed by atoms with Crippen molar-refractivity contribution < 1.29 is 4.79 Å². The highest BCUT2D eigenvalue weighted by Gasteiger charge is 2.17. The van der Waals surface area contributed by atoms with Crippen LogP contribution in [-0.4, -0.2) is 35.5 Å². The second-order valence-corrected chi connectivity index (χ2v) is 3.79. The minimum atomic E-state index is 0.0854. The van der Waals surface area contributed by atoms with Crippen LogP contribution in [0, 0.1) is 6.92 Å². The Morgan fingerprint density at radius 1 is 1.44 bits per heavy atom. The molecule has 0 bridgehead atoms. The van der Waals surface area contributed by atoms with Crippen LogP contribution in [0.25, 0.3) is 0 Å².